The Morgan fingerprint density at radius 3 is 2.84 bits per heavy atom. The lowest BCUT2D eigenvalue weighted by Crippen LogP contribution is -2.28. The lowest BCUT2D eigenvalue weighted by molar-refractivity contribution is -0.122. The molecule has 19 heavy (non-hydrogen) atoms. The summed E-state index contributed by atoms with van der Waals surface area (Å²) >= 11 is 0. The van der Waals surface area contributed by atoms with E-state index < -0.39 is 0 Å². The second-order valence-electron chi connectivity index (χ2n) is 4.91. The molecular formula is C15H24N2O2. The smallest absolute Gasteiger partial charge is 0.257 e. The van der Waals surface area contributed by atoms with Crippen molar-refractivity contribution in [3.63, 3.8) is 0 Å². The van der Waals surface area contributed by atoms with Gasteiger partial charge in [0, 0.05) is 13.1 Å². The summed E-state index contributed by atoms with van der Waals surface area (Å²) in [5.74, 6) is 1.28. The van der Waals surface area contributed by atoms with Crippen molar-refractivity contribution in [2.75, 3.05) is 19.7 Å². The van der Waals surface area contributed by atoms with Crippen molar-refractivity contribution in [1.82, 2.24) is 10.6 Å². The Labute approximate surface area is 115 Å². The van der Waals surface area contributed by atoms with E-state index >= 15 is 0 Å². The van der Waals surface area contributed by atoms with Crippen LogP contribution >= 0.6 is 0 Å². The van der Waals surface area contributed by atoms with Crippen LogP contribution in [0.2, 0.25) is 0 Å². The molecule has 0 saturated heterocycles. The number of carbonyl (C=O) groups excluding carboxylic acids is 1. The van der Waals surface area contributed by atoms with E-state index in [-0.39, 0.29) is 12.5 Å². The number of amides is 1. The minimum Gasteiger partial charge on any atom is -0.484 e. The van der Waals surface area contributed by atoms with Gasteiger partial charge in [-0.05, 0) is 37.1 Å². The third-order valence-corrected chi connectivity index (χ3v) is 2.52. The van der Waals surface area contributed by atoms with Gasteiger partial charge in [-0.15, -0.1) is 0 Å². The average molecular weight is 264 g/mol. The number of hydrogen-bond donors (Lipinski definition) is 2. The molecule has 4 nitrogen and oxygen atoms in total. The molecule has 0 radical (unpaired) electrons. The molecule has 4 heteroatoms. The zero-order valence-electron chi connectivity index (χ0n) is 12.0. The van der Waals surface area contributed by atoms with Gasteiger partial charge in [0.1, 0.15) is 5.75 Å². The number of hydrogen-bond acceptors (Lipinski definition) is 3. The fraction of sp³-hybridized carbons (Fsp3) is 0.533. The van der Waals surface area contributed by atoms with Crippen LogP contribution in [0.3, 0.4) is 0 Å². The molecule has 106 valence electrons. The highest BCUT2D eigenvalue weighted by Crippen LogP contribution is 2.13. The number of carbonyl (C=O) groups is 1. The predicted molar refractivity (Wildman–Crippen MR) is 77.2 cm³/mol. The molecule has 0 atom stereocenters. The van der Waals surface area contributed by atoms with Crippen LogP contribution in [0, 0.1) is 5.92 Å². The molecule has 2 N–H and O–H groups in total. The molecule has 0 unspecified atom stereocenters. The molecule has 0 heterocycles. The molecule has 0 aromatic heterocycles. The number of likely N-dealkylation sites (N-methyl/N-ethyl adjacent to an activating group) is 1. The van der Waals surface area contributed by atoms with Gasteiger partial charge in [0.15, 0.2) is 6.61 Å². The van der Waals surface area contributed by atoms with E-state index in [0.717, 1.165) is 24.4 Å². The standard InChI is InChI=1S/C15H24N2O2/c1-4-17-15(18)11-19-14-7-5-6-13(8-14)10-16-9-12(2)3/h5-8,12,16H,4,9-11H2,1-3H3,(H,17,18). The highest BCUT2D eigenvalue weighted by molar-refractivity contribution is 5.77. The van der Waals surface area contributed by atoms with Crippen LogP contribution in [0.5, 0.6) is 5.75 Å². The Kier molecular flexibility index (Phi) is 6.97. The normalized spacial score (nSPS) is 10.5. The van der Waals surface area contributed by atoms with Crippen molar-refractivity contribution in [2.45, 2.75) is 27.3 Å². The molecule has 0 aliphatic heterocycles. The Hall–Kier alpha value is -1.55. The largest absolute Gasteiger partial charge is 0.484 e. The molecule has 1 amide bonds. The van der Waals surface area contributed by atoms with Gasteiger partial charge in [-0.1, -0.05) is 26.0 Å². The number of rotatable bonds is 8. The van der Waals surface area contributed by atoms with Crippen LogP contribution in [0.4, 0.5) is 0 Å². The molecule has 1 aromatic carbocycles. The van der Waals surface area contributed by atoms with Crippen LogP contribution in [0.1, 0.15) is 26.3 Å². The second-order valence-corrected chi connectivity index (χ2v) is 4.91. The summed E-state index contributed by atoms with van der Waals surface area (Å²) in [7, 11) is 0. The maximum atomic E-state index is 11.3. The Morgan fingerprint density at radius 1 is 1.37 bits per heavy atom. The second kappa shape index (κ2) is 8.53. The lowest BCUT2D eigenvalue weighted by Gasteiger charge is -2.10. The molecule has 1 rings (SSSR count). The van der Waals surface area contributed by atoms with Gasteiger partial charge in [0.25, 0.3) is 5.91 Å². The van der Waals surface area contributed by atoms with E-state index in [2.05, 4.69) is 24.5 Å². The fourth-order valence-electron chi connectivity index (χ4n) is 1.65. The van der Waals surface area contributed by atoms with Gasteiger partial charge >= 0.3 is 0 Å². The van der Waals surface area contributed by atoms with Gasteiger partial charge in [0.05, 0.1) is 0 Å². The van der Waals surface area contributed by atoms with E-state index in [0.29, 0.717) is 12.5 Å². The minimum atomic E-state index is -0.0918. The molecule has 0 spiro atoms. The highest BCUT2D eigenvalue weighted by Gasteiger charge is 2.02. The number of ether oxygens (including phenoxy) is 1. The molecule has 0 aliphatic carbocycles. The van der Waals surface area contributed by atoms with E-state index in [9.17, 15) is 4.79 Å². The van der Waals surface area contributed by atoms with Crippen molar-refractivity contribution in [1.29, 1.82) is 0 Å². The predicted octanol–water partition coefficient (Wildman–Crippen LogP) is 1.95. The van der Waals surface area contributed by atoms with E-state index in [1.54, 1.807) is 0 Å². The summed E-state index contributed by atoms with van der Waals surface area (Å²) in [6.45, 7) is 8.75. The fourth-order valence-corrected chi connectivity index (χ4v) is 1.65. The summed E-state index contributed by atoms with van der Waals surface area (Å²) in [6, 6.07) is 7.82. The summed E-state index contributed by atoms with van der Waals surface area (Å²) < 4.78 is 5.45. The van der Waals surface area contributed by atoms with Gasteiger partial charge in [-0.2, -0.15) is 0 Å². The maximum Gasteiger partial charge on any atom is 0.257 e. The molecule has 0 fully saturated rings. The van der Waals surface area contributed by atoms with Crippen molar-refractivity contribution in [2.24, 2.45) is 5.92 Å². The summed E-state index contributed by atoms with van der Waals surface area (Å²) in [6.07, 6.45) is 0. The van der Waals surface area contributed by atoms with Crippen LogP contribution < -0.4 is 15.4 Å². The van der Waals surface area contributed by atoms with Crippen molar-refractivity contribution < 1.29 is 9.53 Å². The van der Waals surface area contributed by atoms with Crippen molar-refractivity contribution >= 4 is 5.91 Å². The molecule has 0 aliphatic rings. The maximum absolute atomic E-state index is 11.3. The molecular weight excluding hydrogens is 240 g/mol. The van der Waals surface area contributed by atoms with Crippen LogP contribution in [-0.2, 0) is 11.3 Å². The summed E-state index contributed by atoms with van der Waals surface area (Å²) in [4.78, 5) is 11.3. The molecule has 0 bridgehead atoms. The lowest BCUT2D eigenvalue weighted by atomic mass is 10.2. The number of nitrogens with one attached hydrogen (secondary N) is 2. The van der Waals surface area contributed by atoms with E-state index in [1.807, 2.05) is 31.2 Å². The van der Waals surface area contributed by atoms with Crippen molar-refractivity contribution in [3.05, 3.63) is 29.8 Å². The third kappa shape index (κ3) is 6.82. The number of benzene rings is 1. The molecule has 0 saturated carbocycles. The topological polar surface area (TPSA) is 50.4 Å². The van der Waals surface area contributed by atoms with Gasteiger partial charge in [0.2, 0.25) is 0 Å². The SMILES string of the molecule is CCNC(=O)COc1cccc(CNCC(C)C)c1. The Balaban J connectivity index is 2.41. The minimum absolute atomic E-state index is 0.0662. The van der Waals surface area contributed by atoms with E-state index in [4.69, 9.17) is 4.74 Å². The first-order chi connectivity index (χ1) is 9.11. The zero-order chi connectivity index (χ0) is 14.1. The summed E-state index contributed by atoms with van der Waals surface area (Å²) in [5.41, 5.74) is 1.16. The third-order valence-electron chi connectivity index (χ3n) is 2.52. The first kappa shape index (κ1) is 15.5. The van der Waals surface area contributed by atoms with Crippen LogP contribution in [0.15, 0.2) is 24.3 Å². The summed E-state index contributed by atoms with van der Waals surface area (Å²) in [5, 5.41) is 6.08. The highest BCUT2D eigenvalue weighted by atomic mass is 16.5. The quantitative estimate of drug-likeness (QED) is 0.754. The van der Waals surface area contributed by atoms with Crippen LogP contribution in [0.25, 0.3) is 0 Å². The van der Waals surface area contributed by atoms with Crippen molar-refractivity contribution in [3.8, 4) is 5.75 Å². The van der Waals surface area contributed by atoms with Gasteiger partial charge in [-0.25, -0.2) is 0 Å². The molecule has 1 aromatic rings. The Bertz CT molecular complexity index is 391. The monoisotopic (exact) mass is 264 g/mol. The Morgan fingerprint density at radius 2 is 2.16 bits per heavy atom. The van der Waals surface area contributed by atoms with E-state index in [1.165, 1.54) is 0 Å². The average Bonchev–Trinajstić information content (AvgIpc) is 2.37. The van der Waals surface area contributed by atoms with Gasteiger partial charge < -0.3 is 15.4 Å². The van der Waals surface area contributed by atoms with Gasteiger partial charge in [-0.3, -0.25) is 4.79 Å². The van der Waals surface area contributed by atoms with Crippen LogP contribution in [-0.4, -0.2) is 25.6 Å². The first-order valence-corrected chi connectivity index (χ1v) is 6.81. The first-order valence-electron chi connectivity index (χ1n) is 6.81. The zero-order valence-corrected chi connectivity index (χ0v) is 12.0.